The summed E-state index contributed by atoms with van der Waals surface area (Å²) < 4.78 is 5.85. The predicted octanol–water partition coefficient (Wildman–Crippen LogP) is 4.09. The number of ether oxygens (including phenoxy) is 1. The molecule has 5 nitrogen and oxygen atoms in total. The van der Waals surface area contributed by atoms with E-state index in [1.165, 1.54) is 18.9 Å². The third kappa shape index (κ3) is 4.05. The van der Waals surface area contributed by atoms with Crippen molar-refractivity contribution in [1.82, 2.24) is 4.90 Å². The Morgan fingerprint density at radius 3 is 2.54 bits per heavy atom. The van der Waals surface area contributed by atoms with Gasteiger partial charge in [0.15, 0.2) is 16.7 Å². The zero-order valence-electron chi connectivity index (χ0n) is 14.3. The van der Waals surface area contributed by atoms with Crippen LogP contribution in [-0.2, 0) is 4.79 Å². The first-order valence-electron chi connectivity index (χ1n) is 7.62. The summed E-state index contributed by atoms with van der Waals surface area (Å²) in [5, 5.41) is 10.7. The van der Waals surface area contributed by atoms with Crippen LogP contribution in [-0.4, -0.2) is 40.3 Å². The van der Waals surface area contributed by atoms with Crippen LogP contribution in [0.2, 0.25) is 0 Å². The van der Waals surface area contributed by atoms with E-state index in [4.69, 9.17) is 4.74 Å². The molecule has 130 valence electrons. The SMILES string of the molecule is COc1cc(/C=C2/SC(=NC(C)C)N(C(C)C)C2=O)cc(I)c1O. The maximum absolute atomic E-state index is 12.7. The minimum atomic E-state index is -0.0450. The summed E-state index contributed by atoms with van der Waals surface area (Å²) in [5.41, 5.74) is 0.805. The Morgan fingerprint density at radius 2 is 2.00 bits per heavy atom. The molecule has 0 saturated carbocycles. The molecule has 1 amide bonds. The molecule has 0 unspecified atom stereocenters. The second-order valence-corrected chi connectivity index (χ2v) is 8.11. The van der Waals surface area contributed by atoms with E-state index < -0.39 is 0 Å². The first kappa shape index (κ1) is 19.1. The minimum absolute atomic E-state index is 0.0443. The molecule has 0 atom stereocenters. The number of rotatable bonds is 4. The number of aromatic hydroxyl groups is 1. The summed E-state index contributed by atoms with van der Waals surface area (Å²) in [7, 11) is 1.51. The number of carbonyl (C=O) groups excluding carboxylic acids is 1. The molecule has 1 heterocycles. The molecule has 1 aromatic rings. The van der Waals surface area contributed by atoms with Crippen molar-refractivity contribution in [1.29, 1.82) is 0 Å². The molecule has 1 aliphatic heterocycles. The van der Waals surface area contributed by atoms with Gasteiger partial charge in [-0.1, -0.05) is 0 Å². The molecule has 24 heavy (non-hydrogen) atoms. The van der Waals surface area contributed by atoms with Gasteiger partial charge in [-0.15, -0.1) is 0 Å². The van der Waals surface area contributed by atoms with Gasteiger partial charge in [0, 0.05) is 12.1 Å². The highest BCUT2D eigenvalue weighted by molar-refractivity contribution is 14.1. The Labute approximate surface area is 160 Å². The number of amidine groups is 1. The summed E-state index contributed by atoms with van der Waals surface area (Å²) in [6, 6.07) is 3.70. The number of hydrogen-bond donors (Lipinski definition) is 1. The Balaban J connectivity index is 2.44. The van der Waals surface area contributed by atoms with Crippen LogP contribution in [0, 0.1) is 3.57 Å². The van der Waals surface area contributed by atoms with Gasteiger partial charge < -0.3 is 9.84 Å². The first-order chi connectivity index (χ1) is 11.2. The predicted molar refractivity (Wildman–Crippen MR) is 107 cm³/mol. The summed E-state index contributed by atoms with van der Waals surface area (Å²) in [5.74, 6) is 0.453. The third-order valence-electron chi connectivity index (χ3n) is 3.29. The summed E-state index contributed by atoms with van der Waals surface area (Å²) >= 11 is 3.42. The van der Waals surface area contributed by atoms with Crippen LogP contribution in [0.5, 0.6) is 11.5 Å². The van der Waals surface area contributed by atoms with Crippen LogP contribution >= 0.6 is 34.4 Å². The van der Waals surface area contributed by atoms with Crippen molar-refractivity contribution in [3.63, 3.8) is 0 Å². The average Bonchev–Trinajstić information content (AvgIpc) is 2.77. The van der Waals surface area contributed by atoms with Gasteiger partial charge in [-0.3, -0.25) is 14.7 Å². The van der Waals surface area contributed by atoms with E-state index in [0.29, 0.717) is 14.2 Å². The molecule has 1 saturated heterocycles. The van der Waals surface area contributed by atoms with Gasteiger partial charge in [0.1, 0.15) is 0 Å². The van der Waals surface area contributed by atoms with Crippen LogP contribution in [0.15, 0.2) is 22.0 Å². The number of thioether (sulfide) groups is 1. The molecule has 0 spiro atoms. The van der Waals surface area contributed by atoms with Gasteiger partial charge >= 0.3 is 0 Å². The van der Waals surface area contributed by atoms with Crippen molar-refractivity contribution < 1.29 is 14.6 Å². The van der Waals surface area contributed by atoms with Gasteiger partial charge in [-0.2, -0.15) is 0 Å². The van der Waals surface area contributed by atoms with Crippen LogP contribution in [0.1, 0.15) is 33.3 Å². The van der Waals surface area contributed by atoms with Crippen molar-refractivity contribution in [2.24, 2.45) is 4.99 Å². The lowest BCUT2D eigenvalue weighted by Gasteiger charge is -2.20. The maximum atomic E-state index is 12.7. The molecular weight excluding hydrogens is 439 g/mol. The van der Waals surface area contributed by atoms with Gasteiger partial charge in [0.05, 0.1) is 15.6 Å². The van der Waals surface area contributed by atoms with E-state index >= 15 is 0 Å². The van der Waals surface area contributed by atoms with Crippen molar-refractivity contribution in [2.45, 2.75) is 39.8 Å². The Hall–Kier alpha value is -1.22. The molecule has 1 aliphatic rings. The lowest BCUT2D eigenvalue weighted by atomic mass is 10.2. The van der Waals surface area contributed by atoms with Crippen molar-refractivity contribution in [2.75, 3.05) is 7.11 Å². The fourth-order valence-electron chi connectivity index (χ4n) is 2.24. The monoisotopic (exact) mass is 460 g/mol. The fraction of sp³-hybridized carbons (Fsp3) is 0.412. The second kappa shape index (κ2) is 7.77. The van der Waals surface area contributed by atoms with E-state index in [9.17, 15) is 9.90 Å². The van der Waals surface area contributed by atoms with E-state index in [2.05, 4.69) is 4.99 Å². The van der Waals surface area contributed by atoms with Gasteiger partial charge in [-0.05, 0) is 85.8 Å². The van der Waals surface area contributed by atoms with Crippen LogP contribution in [0.25, 0.3) is 6.08 Å². The number of aliphatic imine (C=N–C) groups is 1. The summed E-state index contributed by atoms with van der Waals surface area (Å²) in [4.78, 5) is 19.6. The van der Waals surface area contributed by atoms with Crippen molar-refractivity contribution >= 4 is 51.5 Å². The van der Waals surface area contributed by atoms with Gasteiger partial charge in [0.25, 0.3) is 5.91 Å². The number of methoxy groups -OCH3 is 1. The molecule has 0 aromatic heterocycles. The van der Waals surface area contributed by atoms with Crippen LogP contribution < -0.4 is 4.74 Å². The number of hydrogen-bond acceptors (Lipinski definition) is 5. The fourth-order valence-corrected chi connectivity index (χ4v) is 4.10. The molecule has 7 heteroatoms. The number of phenols is 1. The van der Waals surface area contributed by atoms with E-state index in [1.807, 2.05) is 62.4 Å². The van der Waals surface area contributed by atoms with E-state index in [-0.39, 0.29) is 23.7 Å². The Kier molecular flexibility index (Phi) is 6.19. The lowest BCUT2D eigenvalue weighted by molar-refractivity contribution is -0.123. The van der Waals surface area contributed by atoms with E-state index in [0.717, 1.165) is 10.7 Å². The number of halogens is 1. The molecule has 1 N–H and O–H groups in total. The summed E-state index contributed by atoms with van der Waals surface area (Å²) in [6.07, 6.45) is 1.81. The van der Waals surface area contributed by atoms with Crippen LogP contribution in [0.4, 0.5) is 0 Å². The first-order valence-corrected chi connectivity index (χ1v) is 9.51. The summed E-state index contributed by atoms with van der Waals surface area (Å²) in [6.45, 7) is 7.93. The minimum Gasteiger partial charge on any atom is -0.504 e. The number of amides is 1. The van der Waals surface area contributed by atoms with Gasteiger partial charge in [-0.25, -0.2) is 0 Å². The second-order valence-electron chi connectivity index (χ2n) is 5.94. The number of nitrogens with zero attached hydrogens (tertiary/aromatic N) is 2. The van der Waals surface area contributed by atoms with Crippen LogP contribution in [0.3, 0.4) is 0 Å². The van der Waals surface area contributed by atoms with E-state index in [1.54, 1.807) is 11.0 Å². The maximum Gasteiger partial charge on any atom is 0.266 e. The highest BCUT2D eigenvalue weighted by atomic mass is 127. The molecule has 0 aliphatic carbocycles. The highest BCUT2D eigenvalue weighted by Gasteiger charge is 2.35. The zero-order chi connectivity index (χ0) is 18.0. The largest absolute Gasteiger partial charge is 0.504 e. The number of carbonyl (C=O) groups is 1. The average molecular weight is 460 g/mol. The molecule has 1 aromatic carbocycles. The Morgan fingerprint density at radius 1 is 1.33 bits per heavy atom. The third-order valence-corrected chi connectivity index (χ3v) is 5.11. The van der Waals surface area contributed by atoms with Gasteiger partial charge in [0.2, 0.25) is 0 Å². The van der Waals surface area contributed by atoms with Crippen molar-refractivity contribution in [3.8, 4) is 11.5 Å². The lowest BCUT2D eigenvalue weighted by Crippen LogP contribution is -2.35. The molecule has 1 fully saturated rings. The normalized spacial score (nSPS) is 18.5. The Bertz CT molecular complexity index is 714. The molecule has 2 rings (SSSR count). The quantitative estimate of drug-likeness (QED) is 0.543. The molecule has 0 radical (unpaired) electrons. The smallest absolute Gasteiger partial charge is 0.266 e. The topological polar surface area (TPSA) is 62.1 Å². The standard InChI is InChI=1S/C17H21IN2O3S/c1-9(2)19-17-20(10(3)4)16(22)14(24-17)8-11-6-12(18)15(21)13(7-11)23-5/h6-10,21H,1-5H3/b14-8+,19-17?. The van der Waals surface area contributed by atoms with Crippen molar-refractivity contribution in [3.05, 3.63) is 26.2 Å². The number of phenolic OH excluding ortho intramolecular Hbond substituents is 1. The number of benzene rings is 1. The molecule has 0 bridgehead atoms. The zero-order valence-corrected chi connectivity index (χ0v) is 17.3. The molecular formula is C17H21IN2O3S. The highest BCUT2D eigenvalue weighted by Crippen LogP contribution is 2.37.